The van der Waals surface area contributed by atoms with Crippen molar-refractivity contribution in [1.29, 1.82) is 0 Å². The van der Waals surface area contributed by atoms with Crippen LogP contribution in [0.15, 0.2) is 65.1 Å². The fourth-order valence-electron chi connectivity index (χ4n) is 4.66. The first kappa shape index (κ1) is 22.0. The Morgan fingerprint density at radius 3 is 2.53 bits per heavy atom. The molecule has 0 amide bonds. The lowest BCUT2D eigenvalue weighted by molar-refractivity contribution is -0.144. The molecule has 3 aromatic carbocycles. The van der Waals surface area contributed by atoms with Crippen LogP contribution < -0.4 is 5.32 Å². The Labute approximate surface area is 193 Å². The van der Waals surface area contributed by atoms with Crippen molar-refractivity contribution in [2.75, 3.05) is 5.32 Å². The van der Waals surface area contributed by atoms with Crippen molar-refractivity contribution in [3.8, 4) is 11.1 Å². The molecule has 6 nitrogen and oxygen atoms in total. The van der Waals surface area contributed by atoms with Crippen molar-refractivity contribution in [2.45, 2.75) is 25.4 Å². The summed E-state index contributed by atoms with van der Waals surface area (Å²) in [5.74, 6) is -2.69. The van der Waals surface area contributed by atoms with E-state index < -0.39 is 29.6 Å². The van der Waals surface area contributed by atoms with Crippen LogP contribution in [0.3, 0.4) is 0 Å². The number of fused-ring (bicyclic) bond motifs is 1. The van der Waals surface area contributed by atoms with E-state index in [4.69, 9.17) is 4.42 Å². The number of carboxylic acid groups (broad SMARTS) is 1. The first-order chi connectivity index (χ1) is 16.4. The predicted octanol–water partition coefficient (Wildman–Crippen LogP) is 6.05. The lowest BCUT2D eigenvalue weighted by Gasteiger charge is -2.22. The zero-order chi connectivity index (χ0) is 23.8. The number of benzene rings is 3. The number of carbonyl (C=O) groups is 1. The summed E-state index contributed by atoms with van der Waals surface area (Å²) in [5, 5.41) is 22.9. The van der Waals surface area contributed by atoms with E-state index in [0.29, 0.717) is 29.5 Å². The Bertz CT molecular complexity index is 1350. The van der Waals surface area contributed by atoms with Gasteiger partial charge in [0.1, 0.15) is 17.2 Å². The largest absolute Gasteiger partial charge is 0.481 e. The second kappa shape index (κ2) is 8.87. The van der Waals surface area contributed by atoms with Gasteiger partial charge in [0.05, 0.1) is 17.7 Å². The van der Waals surface area contributed by atoms with Crippen LogP contribution in [-0.4, -0.2) is 21.2 Å². The van der Waals surface area contributed by atoms with E-state index >= 15 is 0 Å². The third kappa shape index (κ3) is 4.24. The molecule has 174 valence electrons. The number of nitrogens with one attached hydrogen (secondary N) is 1. The second-order valence-corrected chi connectivity index (χ2v) is 8.56. The molecule has 0 aliphatic heterocycles. The highest BCUT2D eigenvalue weighted by molar-refractivity contribution is 5.76. The van der Waals surface area contributed by atoms with Crippen LogP contribution in [0, 0.1) is 23.5 Å². The Morgan fingerprint density at radius 2 is 1.79 bits per heavy atom. The van der Waals surface area contributed by atoms with Gasteiger partial charge in [-0.1, -0.05) is 36.8 Å². The topological polar surface area (TPSA) is 95.6 Å². The van der Waals surface area contributed by atoms with E-state index in [1.165, 1.54) is 24.3 Å². The maximum Gasteiger partial charge on any atom is 0.306 e. The minimum atomic E-state index is -0.868. The zero-order valence-electron chi connectivity index (χ0n) is 18.0. The molecule has 0 saturated heterocycles. The van der Waals surface area contributed by atoms with E-state index in [2.05, 4.69) is 10.3 Å². The highest BCUT2D eigenvalue weighted by atomic mass is 19.1. The molecule has 1 heterocycles. The molecule has 1 aliphatic carbocycles. The van der Waals surface area contributed by atoms with Crippen LogP contribution in [0.5, 0.6) is 0 Å². The Morgan fingerprint density at radius 1 is 1.03 bits per heavy atom. The van der Waals surface area contributed by atoms with Gasteiger partial charge in [0.25, 0.3) is 6.01 Å². The van der Waals surface area contributed by atoms with Crippen molar-refractivity contribution in [3.63, 3.8) is 0 Å². The second-order valence-electron chi connectivity index (χ2n) is 8.56. The molecule has 3 N–H and O–H groups in total. The number of aliphatic carboxylic acids is 1. The van der Waals surface area contributed by atoms with Gasteiger partial charge in [0.2, 0.25) is 0 Å². The highest BCUT2D eigenvalue weighted by Gasteiger charge is 2.37. The van der Waals surface area contributed by atoms with Crippen molar-refractivity contribution < 1.29 is 28.2 Å². The third-order valence-corrected chi connectivity index (χ3v) is 6.44. The highest BCUT2D eigenvalue weighted by Crippen LogP contribution is 2.41. The minimum Gasteiger partial charge on any atom is -0.481 e. The SMILES string of the molecule is O=C(O)[C@@H]1CCC[C@H]1C(O)c1ccc(-c2ccc(Nc3nc4ccc(F)cc4o3)c(F)c2)cc1. The van der Waals surface area contributed by atoms with Crippen molar-refractivity contribution >= 4 is 28.8 Å². The number of hydrogen-bond donors (Lipinski definition) is 3. The molecular weight excluding hydrogens is 442 g/mol. The number of carboxylic acids is 1. The van der Waals surface area contributed by atoms with Gasteiger partial charge in [-0.2, -0.15) is 4.98 Å². The zero-order valence-corrected chi connectivity index (χ0v) is 18.0. The summed E-state index contributed by atoms with van der Waals surface area (Å²) in [6, 6.07) is 15.7. The molecule has 4 aromatic rings. The van der Waals surface area contributed by atoms with E-state index in [9.17, 15) is 23.8 Å². The van der Waals surface area contributed by atoms with Gasteiger partial charge in [-0.25, -0.2) is 8.78 Å². The number of aliphatic hydroxyl groups is 1. The number of nitrogens with zero attached hydrogens (tertiary/aromatic N) is 1. The van der Waals surface area contributed by atoms with Crippen LogP contribution in [0.1, 0.15) is 30.9 Å². The molecule has 1 aromatic heterocycles. The maximum atomic E-state index is 14.8. The number of aromatic nitrogens is 1. The van der Waals surface area contributed by atoms with Gasteiger partial charge in [-0.05, 0) is 53.8 Å². The van der Waals surface area contributed by atoms with E-state index in [0.717, 1.165) is 12.0 Å². The molecule has 1 saturated carbocycles. The molecule has 5 rings (SSSR count). The van der Waals surface area contributed by atoms with Gasteiger partial charge in [0, 0.05) is 12.0 Å². The van der Waals surface area contributed by atoms with Crippen molar-refractivity contribution in [1.82, 2.24) is 4.98 Å². The van der Waals surface area contributed by atoms with Gasteiger partial charge >= 0.3 is 5.97 Å². The summed E-state index contributed by atoms with van der Waals surface area (Å²) in [6.45, 7) is 0. The van der Waals surface area contributed by atoms with Gasteiger partial charge < -0.3 is 19.9 Å². The van der Waals surface area contributed by atoms with Gasteiger partial charge in [-0.15, -0.1) is 0 Å². The fraction of sp³-hybridized carbons (Fsp3) is 0.231. The summed E-state index contributed by atoms with van der Waals surface area (Å²) in [4.78, 5) is 15.6. The summed E-state index contributed by atoms with van der Waals surface area (Å²) in [6.07, 6.45) is 1.19. The molecule has 3 atom stereocenters. The molecule has 0 bridgehead atoms. The number of rotatable bonds is 6. The summed E-state index contributed by atoms with van der Waals surface area (Å²) >= 11 is 0. The molecule has 8 heteroatoms. The number of aliphatic hydroxyl groups excluding tert-OH is 1. The first-order valence-corrected chi connectivity index (χ1v) is 11.0. The predicted molar refractivity (Wildman–Crippen MR) is 123 cm³/mol. The van der Waals surface area contributed by atoms with Crippen LogP contribution in [0.2, 0.25) is 0 Å². The fourth-order valence-corrected chi connectivity index (χ4v) is 4.66. The van der Waals surface area contributed by atoms with Crippen LogP contribution in [0.4, 0.5) is 20.5 Å². The molecular formula is C26H22F2N2O4. The normalized spacial score (nSPS) is 18.8. The first-order valence-electron chi connectivity index (χ1n) is 11.0. The Kier molecular flexibility index (Phi) is 5.75. The molecule has 0 spiro atoms. The average Bonchev–Trinajstić information content (AvgIpc) is 3.47. The van der Waals surface area contributed by atoms with E-state index in [1.54, 1.807) is 36.4 Å². The monoisotopic (exact) mass is 464 g/mol. The number of halogens is 2. The quantitative estimate of drug-likeness (QED) is 0.321. The van der Waals surface area contributed by atoms with Crippen LogP contribution in [0.25, 0.3) is 22.2 Å². The summed E-state index contributed by atoms with van der Waals surface area (Å²) < 4.78 is 33.6. The number of oxazole rings is 1. The summed E-state index contributed by atoms with van der Waals surface area (Å²) in [7, 11) is 0. The molecule has 34 heavy (non-hydrogen) atoms. The lowest BCUT2D eigenvalue weighted by atomic mass is 9.86. The maximum absolute atomic E-state index is 14.8. The van der Waals surface area contributed by atoms with Crippen LogP contribution in [-0.2, 0) is 4.79 Å². The number of anilines is 2. The Hall–Kier alpha value is -3.78. The van der Waals surface area contributed by atoms with E-state index in [1.807, 2.05) is 0 Å². The summed E-state index contributed by atoms with van der Waals surface area (Å²) in [5.41, 5.74) is 2.90. The van der Waals surface area contributed by atoms with Gasteiger partial charge in [0.15, 0.2) is 5.58 Å². The standard InChI is InChI=1S/C26H22F2N2O4/c27-17-9-11-22-23(13-17)34-26(30-22)29-21-10-8-16(12-20(21)28)14-4-6-15(7-5-14)24(31)18-2-1-3-19(18)25(32)33/h4-13,18-19,24,31H,1-3H2,(H,29,30)(H,32,33)/t18-,19-,24?/m1/s1. The molecule has 1 fully saturated rings. The van der Waals surface area contributed by atoms with Crippen molar-refractivity contribution in [3.05, 3.63) is 77.9 Å². The van der Waals surface area contributed by atoms with Crippen molar-refractivity contribution in [2.24, 2.45) is 11.8 Å². The average molecular weight is 464 g/mol. The minimum absolute atomic E-state index is 0.0529. The van der Waals surface area contributed by atoms with E-state index in [-0.39, 0.29) is 23.2 Å². The van der Waals surface area contributed by atoms with Crippen LogP contribution >= 0.6 is 0 Å². The molecule has 1 aliphatic rings. The van der Waals surface area contributed by atoms with Gasteiger partial charge in [-0.3, -0.25) is 4.79 Å². The number of hydrogen-bond acceptors (Lipinski definition) is 5. The molecule has 1 unspecified atom stereocenters. The third-order valence-electron chi connectivity index (χ3n) is 6.44. The molecule has 0 radical (unpaired) electrons. The lowest BCUT2D eigenvalue weighted by Crippen LogP contribution is -2.23. The Balaban J connectivity index is 1.32. The smallest absolute Gasteiger partial charge is 0.306 e.